The highest BCUT2D eigenvalue weighted by Gasteiger charge is 2.09. The van der Waals surface area contributed by atoms with Crippen LogP contribution in [0.2, 0.25) is 0 Å². The minimum atomic E-state index is -0.420. The summed E-state index contributed by atoms with van der Waals surface area (Å²) in [6.45, 7) is 0. The lowest BCUT2D eigenvalue weighted by molar-refractivity contribution is 0.318. The predicted molar refractivity (Wildman–Crippen MR) is 71.7 cm³/mol. The van der Waals surface area contributed by atoms with Gasteiger partial charge in [0.15, 0.2) is 5.84 Å². The third-order valence-electron chi connectivity index (χ3n) is 2.53. The van der Waals surface area contributed by atoms with E-state index in [2.05, 4.69) is 10.3 Å². The molecule has 0 saturated heterocycles. The average Bonchev–Trinajstić information content (AvgIpc) is 2.82. The minimum absolute atomic E-state index is 0.0960. The van der Waals surface area contributed by atoms with Gasteiger partial charge in [-0.05, 0) is 17.7 Å². The second-order valence-electron chi connectivity index (χ2n) is 3.93. The van der Waals surface area contributed by atoms with Crippen LogP contribution in [0, 0.1) is 5.82 Å². The van der Waals surface area contributed by atoms with Gasteiger partial charge >= 0.3 is 0 Å². The third kappa shape index (κ3) is 3.25. The van der Waals surface area contributed by atoms with Gasteiger partial charge in [0.05, 0.1) is 6.20 Å². The maximum absolute atomic E-state index is 13.2. The standard InChI is InChI=1S/C12H13FN4OS/c1-17-6-10(5-15-17)19-7-8-2-3-9(13)4-11(8)12(14)16-18/h2-6,18H,7H2,1H3,(H2,14,16). The molecule has 0 aliphatic rings. The number of hydrogen-bond acceptors (Lipinski definition) is 4. The zero-order chi connectivity index (χ0) is 13.8. The Bertz CT molecular complexity index is 612. The lowest BCUT2D eigenvalue weighted by Gasteiger charge is -2.07. The Labute approximate surface area is 113 Å². The zero-order valence-electron chi connectivity index (χ0n) is 10.2. The molecule has 0 radical (unpaired) electrons. The van der Waals surface area contributed by atoms with Crippen molar-refractivity contribution in [3.63, 3.8) is 0 Å². The fourth-order valence-corrected chi connectivity index (χ4v) is 2.52. The van der Waals surface area contributed by atoms with E-state index >= 15 is 0 Å². The maximum Gasteiger partial charge on any atom is 0.170 e. The fraction of sp³-hybridized carbons (Fsp3) is 0.167. The minimum Gasteiger partial charge on any atom is -0.409 e. The highest BCUT2D eigenvalue weighted by molar-refractivity contribution is 7.98. The molecule has 19 heavy (non-hydrogen) atoms. The number of aryl methyl sites for hydroxylation is 1. The van der Waals surface area contributed by atoms with Gasteiger partial charge in [-0.25, -0.2) is 4.39 Å². The molecule has 0 bridgehead atoms. The molecule has 1 heterocycles. The molecule has 5 nitrogen and oxygen atoms in total. The molecule has 2 aromatic rings. The van der Waals surface area contributed by atoms with Crippen molar-refractivity contribution >= 4 is 17.6 Å². The first-order valence-electron chi connectivity index (χ1n) is 5.48. The number of rotatable bonds is 4. The van der Waals surface area contributed by atoms with Crippen LogP contribution in [-0.4, -0.2) is 20.8 Å². The summed E-state index contributed by atoms with van der Waals surface area (Å²) in [4.78, 5) is 0.997. The summed E-state index contributed by atoms with van der Waals surface area (Å²) < 4.78 is 14.9. The van der Waals surface area contributed by atoms with Gasteiger partial charge in [0, 0.05) is 29.5 Å². The van der Waals surface area contributed by atoms with Crippen molar-refractivity contribution < 1.29 is 9.60 Å². The van der Waals surface area contributed by atoms with Crippen LogP contribution in [0.1, 0.15) is 11.1 Å². The van der Waals surface area contributed by atoms with E-state index in [4.69, 9.17) is 10.9 Å². The van der Waals surface area contributed by atoms with Crippen LogP contribution < -0.4 is 5.73 Å². The van der Waals surface area contributed by atoms with Crippen molar-refractivity contribution in [2.75, 3.05) is 0 Å². The molecule has 0 amide bonds. The smallest absolute Gasteiger partial charge is 0.170 e. The summed E-state index contributed by atoms with van der Waals surface area (Å²) in [5.74, 6) is 0.0652. The number of oxime groups is 1. The Hall–Kier alpha value is -2.02. The number of thioether (sulfide) groups is 1. The molecule has 0 unspecified atom stereocenters. The quantitative estimate of drug-likeness (QED) is 0.295. The molecule has 7 heteroatoms. The first-order valence-corrected chi connectivity index (χ1v) is 6.46. The van der Waals surface area contributed by atoms with Crippen LogP contribution in [0.5, 0.6) is 0 Å². The van der Waals surface area contributed by atoms with Crippen molar-refractivity contribution in [2.45, 2.75) is 10.6 Å². The van der Waals surface area contributed by atoms with Crippen LogP contribution in [-0.2, 0) is 12.8 Å². The average molecular weight is 280 g/mol. The zero-order valence-corrected chi connectivity index (χ0v) is 11.1. The normalized spacial score (nSPS) is 11.8. The first-order chi connectivity index (χ1) is 9.10. The lowest BCUT2D eigenvalue weighted by atomic mass is 10.1. The van der Waals surface area contributed by atoms with Crippen molar-refractivity contribution in [1.29, 1.82) is 0 Å². The van der Waals surface area contributed by atoms with E-state index in [1.807, 2.05) is 13.2 Å². The van der Waals surface area contributed by atoms with Crippen LogP contribution in [0.3, 0.4) is 0 Å². The third-order valence-corrected chi connectivity index (χ3v) is 3.53. The van der Waals surface area contributed by atoms with Crippen LogP contribution in [0.25, 0.3) is 0 Å². The molecule has 1 aromatic carbocycles. The number of aromatic nitrogens is 2. The van der Waals surface area contributed by atoms with Crippen molar-refractivity contribution in [1.82, 2.24) is 9.78 Å². The highest BCUT2D eigenvalue weighted by atomic mass is 32.2. The van der Waals surface area contributed by atoms with Gasteiger partial charge in [0.2, 0.25) is 0 Å². The summed E-state index contributed by atoms with van der Waals surface area (Å²) in [5.41, 5.74) is 6.74. The molecule has 0 aliphatic heterocycles. The molecule has 0 atom stereocenters. The van der Waals surface area contributed by atoms with Crippen molar-refractivity contribution in [3.05, 3.63) is 47.5 Å². The molecular weight excluding hydrogens is 267 g/mol. The topological polar surface area (TPSA) is 76.4 Å². The van der Waals surface area contributed by atoms with E-state index in [1.54, 1.807) is 28.7 Å². The number of nitrogens with two attached hydrogens (primary N) is 1. The molecule has 0 spiro atoms. The number of amidine groups is 1. The van der Waals surface area contributed by atoms with E-state index in [0.29, 0.717) is 11.3 Å². The maximum atomic E-state index is 13.2. The fourth-order valence-electron chi connectivity index (χ4n) is 1.60. The highest BCUT2D eigenvalue weighted by Crippen LogP contribution is 2.24. The van der Waals surface area contributed by atoms with Gasteiger partial charge in [0.25, 0.3) is 0 Å². The van der Waals surface area contributed by atoms with Crippen LogP contribution in [0.4, 0.5) is 4.39 Å². The number of halogens is 1. The van der Waals surface area contributed by atoms with Gasteiger partial charge < -0.3 is 10.9 Å². The predicted octanol–water partition coefficient (Wildman–Crippen LogP) is 1.95. The Balaban J connectivity index is 2.20. The number of hydrogen-bond donors (Lipinski definition) is 2. The Kier molecular flexibility index (Phi) is 4.06. The molecule has 3 N–H and O–H groups in total. The lowest BCUT2D eigenvalue weighted by Crippen LogP contribution is -2.15. The van der Waals surface area contributed by atoms with E-state index in [-0.39, 0.29) is 5.84 Å². The molecule has 1 aromatic heterocycles. The van der Waals surface area contributed by atoms with E-state index in [0.717, 1.165) is 10.5 Å². The van der Waals surface area contributed by atoms with Crippen LogP contribution >= 0.6 is 11.8 Å². The molecule has 100 valence electrons. The first kappa shape index (κ1) is 13.4. The second kappa shape index (κ2) is 5.75. The largest absolute Gasteiger partial charge is 0.409 e. The summed E-state index contributed by atoms with van der Waals surface area (Å²) in [6.07, 6.45) is 3.63. The van der Waals surface area contributed by atoms with E-state index in [9.17, 15) is 4.39 Å². The van der Waals surface area contributed by atoms with E-state index < -0.39 is 5.82 Å². The monoisotopic (exact) mass is 280 g/mol. The van der Waals surface area contributed by atoms with E-state index in [1.165, 1.54) is 12.1 Å². The molecule has 2 rings (SSSR count). The van der Waals surface area contributed by atoms with Gasteiger partial charge in [-0.2, -0.15) is 5.10 Å². The SMILES string of the molecule is Cn1cc(SCc2ccc(F)cc2C(N)=NO)cn1. The van der Waals surface area contributed by atoms with Crippen molar-refractivity contribution in [2.24, 2.45) is 17.9 Å². The Morgan fingerprint density at radius 2 is 2.37 bits per heavy atom. The summed E-state index contributed by atoms with van der Waals surface area (Å²) >= 11 is 1.54. The van der Waals surface area contributed by atoms with Gasteiger partial charge in [0.1, 0.15) is 5.82 Å². The number of nitrogens with zero attached hydrogens (tertiary/aromatic N) is 3. The summed E-state index contributed by atoms with van der Waals surface area (Å²) in [7, 11) is 1.84. The van der Waals surface area contributed by atoms with Gasteiger partial charge in [-0.1, -0.05) is 11.2 Å². The van der Waals surface area contributed by atoms with Gasteiger partial charge in [-0.3, -0.25) is 4.68 Å². The molecule has 0 saturated carbocycles. The summed E-state index contributed by atoms with van der Waals surface area (Å²) in [6, 6.07) is 4.24. The Morgan fingerprint density at radius 1 is 1.58 bits per heavy atom. The Morgan fingerprint density at radius 3 is 3.00 bits per heavy atom. The van der Waals surface area contributed by atoms with Gasteiger partial charge in [-0.15, -0.1) is 11.8 Å². The molecule has 0 aliphatic carbocycles. The summed E-state index contributed by atoms with van der Waals surface area (Å²) in [5, 5.41) is 15.7. The van der Waals surface area contributed by atoms with Crippen LogP contribution in [0.15, 0.2) is 40.6 Å². The molecule has 0 fully saturated rings. The molecular formula is C12H13FN4OS. The second-order valence-corrected chi connectivity index (χ2v) is 4.97. The van der Waals surface area contributed by atoms with Crippen molar-refractivity contribution in [3.8, 4) is 0 Å². The number of benzene rings is 1.